The molecule has 2 fully saturated rings. The van der Waals surface area contributed by atoms with Gasteiger partial charge in [0.25, 0.3) is 0 Å². The van der Waals surface area contributed by atoms with Crippen LogP contribution in [-0.2, 0) is 14.3 Å². The van der Waals surface area contributed by atoms with Crippen molar-refractivity contribution < 1.29 is 24.2 Å². The molecule has 166 valence electrons. The van der Waals surface area contributed by atoms with Crippen molar-refractivity contribution in [2.75, 3.05) is 7.11 Å². The molecule has 0 aromatic carbocycles. The molecule has 0 bridgehead atoms. The van der Waals surface area contributed by atoms with E-state index in [1.807, 2.05) is 0 Å². The molecular formula is C22H43NO5. The Hall–Kier alpha value is -1.30. The molecule has 1 aliphatic carbocycles. The second-order valence-corrected chi connectivity index (χ2v) is 8.92. The molecule has 0 aromatic rings. The summed E-state index contributed by atoms with van der Waals surface area (Å²) in [7, 11) is 1.00. The van der Waals surface area contributed by atoms with Crippen molar-refractivity contribution in [2.45, 2.75) is 110 Å². The fraction of sp³-hybridized carbons (Fsp3) is 0.909. The number of amides is 1. The van der Waals surface area contributed by atoms with Crippen LogP contribution in [0.4, 0.5) is 4.79 Å². The molecule has 2 unspecified atom stereocenters. The normalized spacial score (nSPS) is 24.0. The first kappa shape index (κ1) is 26.7. The standard InChI is InChI=1S/C16H28O2.C5H11NO2.CH4O/c1-13-11-15(12-14-7-5-6-8-14)9-3-2-4-10-16(17)18-13;1-5(2,3)8-4(6)7;1-2/h13-15H,2-12H2,1H3;1-3H3,(H2,6,7);2H,1H3. The van der Waals surface area contributed by atoms with Crippen LogP contribution in [0.15, 0.2) is 0 Å². The minimum Gasteiger partial charge on any atom is -0.463 e. The topological polar surface area (TPSA) is 98.9 Å². The lowest BCUT2D eigenvalue weighted by Gasteiger charge is -2.25. The maximum Gasteiger partial charge on any atom is 0.405 e. The largest absolute Gasteiger partial charge is 0.463 e. The van der Waals surface area contributed by atoms with Gasteiger partial charge in [-0.15, -0.1) is 0 Å². The summed E-state index contributed by atoms with van der Waals surface area (Å²) in [6.45, 7) is 7.36. The summed E-state index contributed by atoms with van der Waals surface area (Å²) in [4.78, 5) is 21.6. The highest BCUT2D eigenvalue weighted by atomic mass is 16.6. The first-order valence-electron chi connectivity index (χ1n) is 10.8. The fourth-order valence-electron chi connectivity index (χ4n) is 4.03. The minimum absolute atomic E-state index is 0.0176. The number of ether oxygens (including phenoxy) is 2. The molecule has 0 radical (unpaired) electrons. The second-order valence-electron chi connectivity index (χ2n) is 8.92. The van der Waals surface area contributed by atoms with Crippen LogP contribution in [0.5, 0.6) is 0 Å². The quantitative estimate of drug-likeness (QED) is 0.637. The monoisotopic (exact) mass is 401 g/mol. The summed E-state index contributed by atoms with van der Waals surface area (Å²) in [5.41, 5.74) is 4.26. The third-order valence-corrected chi connectivity index (χ3v) is 5.04. The summed E-state index contributed by atoms with van der Waals surface area (Å²) >= 11 is 0. The Morgan fingerprint density at radius 2 is 1.61 bits per heavy atom. The highest BCUT2D eigenvalue weighted by Gasteiger charge is 2.23. The van der Waals surface area contributed by atoms with Crippen LogP contribution in [-0.4, -0.2) is 36.0 Å². The summed E-state index contributed by atoms with van der Waals surface area (Å²) in [5, 5.41) is 7.00. The zero-order chi connectivity index (χ0) is 21.6. The smallest absolute Gasteiger partial charge is 0.405 e. The van der Waals surface area contributed by atoms with Crippen molar-refractivity contribution in [1.82, 2.24) is 0 Å². The number of primary amides is 1. The average Bonchev–Trinajstić information content (AvgIpc) is 3.07. The van der Waals surface area contributed by atoms with Gasteiger partial charge in [-0.3, -0.25) is 4.79 Å². The van der Waals surface area contributed by atoms with Crippen LogP contribution < -0.4 is 5.73 Å². The van der Waals surface area contributed by atoms with Gasteiger partial charge in [-0.25, -0.2) is 4.79 Å². The summed E-state index contributed by atoms with van der Waals surface area (Å²) in [6.07, 6.45) is 13.1. The number of aliphatic hydroxyl groups is 1. The molecule has 2 atom stereocenters. The van der Waals surface area contributed by atoms with Crippen LogP contribution in [0, 0.1) is 11.8 Å². The Bertz CT molecular complexity index is 427. The van der Waals surface area contributed by atoms with E-state index in [1.54, 1.807) is 20.8 Å². The van der Waals surface area contributed by atoms with Gasteiger partial charge in [0.2, 0.25) is 0 Å². The van der Waals surface area contributed by atoms with E-state index in [9.17, 15) is 9.59 Å². The molecule has 1 amide bonds. The van der Waals surface area contributed by atoms with E-state index in [0.29, 0.717) is 6.42 Å². The predicted molar refractivity (Wildman–Crippen MR) is 112 cm³/mol. The summed E-state index contributed by atoms with van der Waals surface area (Å²) in [5.74, 6) is 1.76. The van der Waals surface area contributed by atoms with E-state index in [4.69, 9.17) is 15.6 Å². The lowest BCUT2D eigenvalue weighted by Crippen LogP contribution is -2.27. The Balaban J connectivity index is 0.000000618. The molecule has 6 heteroatoms. The van der Waals surface area contributed by atoms with Crippen molar-refractivity contribution in [3.63, 3.8) is 0 Å². The van der Waals surface area contributed by atoms with Crippen LogP contribution in [0.2, 0.25) is 0 Å². The number of rotatable bonds is 2. The molecule has 3 N–H and O–H groups in total. The number of carbonyl (C=O) groups excluding carboxylic acids is 2. The molecule has 2 rings (SSSR count). The van der Waals surface area contributed by atoms with E-state index >= 15 is 0 Å². The number of carbonyl (C=O) groups is 2. The number of cyclic esters (lactones) is 1. The van der Waals surface area contributed by atoms with Crippen LogP contribution in [0.1, 0.15) is 98.3 Å². The lowest BCUT2D eigenvalue weighted by molar-refractivity contribution is -0.149. The Morgan fingerprint density at radius 3 is 2.11 bits per heavy atom. The van der Waals surface area contributed by atoms with Crippen LogP contribution >= 0.6 is 0 Å². The van der Waals surface area contributed by atoms with Crippen LogP contribution in [0.25, 0.3) is 0 Å². The minimum atomic E-state index is -0.725. The average molecular weight is 402 g/mol. The number of nitrogens with two attached hydrogens (primary N) is 1. The fourth-order valence-corrected chi connectivity index (χ4v) is 4.03. The molecular weight excluding hydrogens is 358 g/mol. The predicted octanol–water partition coefficient (Wildman–Crippen LogP) is 4.96. The van der Waals surface area contributed by atoms with Gasteiger partial charge in [-0.05, 0) is 58.8 Å². The molecule has 0 spiro atoms. The van der Waals surface area contributed by atoms with Gasteiger partial charge in [-0.1, -0.05) is 44.9 Å². The first-order chi connectivity index (χ1) is 13.2. The van der Waals surface area contributed by atoms with E-state index in [0.717, 1.165) is 31.8 Å². The molecule has 1 saturated heterocycles. The number of esters is 1. The van der Waals surface area contributed by atoms with Crippen molar-refractivity contribution in [1.29, 1.82) is 0 Å². The molecule has 0 aromatic heterocycles. The van der Waals surface area contributed by atoms with Crippen molar-refractivity contribution in [3.8, 4) is 0 Å². The summed E-state index contributed by atoms with van der Waals surface area (Å²) < 4.78 is 10.1. The van der Waals surface area contributed by atoms with Gasteiger partial charge in [0, 0.05) is 13.5 Å². The van der Waals surface area contributed by atoms with Crippen molar-refractivity contribution in [3.05, 3.63) is 0 Å². The Labute approximate surface area is 171 Å². The van der Waals surface area contributed by atoms with E-state index in [1.165, 1.54) is 51.4 Å². The van der Waals surface area contributed by atoms with Crippen molar-refractivity contribution >= 4 is 12.1 Å². The Morgan fingerprint density at radius 1 is 1.07 bits per heavy atom. The Kier molecular flexibility index (Phi) is 14.0. The van der Waals surface area contributed by atoms with E-state index in [2.05, 4.69) is 11.7 Å². The summed E-state index contributed by atoms with van der Waals surface area (Å²) in [6, 6.07) is 0. The van der Waals surface area contributed by atoms with Gasteiger partial charge >= 0.3 is 12.1 Å². The molecule has 1 heterocycles. The maximum absolute atomic E-state index is 11.5. The zero-order valence-electron chi connectivity index (χ0n) is 18.7. The van der Waals surface area contributed by atoms with E-state index < -0.39 is 11.7 Å². The molecule has 1 aliphatic heterocycles. The maximum atomic E-state index is 11.5. The molecule has 1 saturated carbocycles. The highest BCUT2D eigenvalue weighted by molar-refractivity contribution is 5.69. The van der Waals surface area contributed by atoms with Gasteiger partial charge in [0.05, 0.1) is 6.10 Å². The molecule has 6 nitrogen and oxygen atoms in total. The molecule has 28 heavy (non-hydrogen) atoms. The zero-order valence-corrected chi connectivity index (χ0v) is 18.7. The van der Waals surface area contributed by atoms with Gasteiger partial charge in [0.15, 0.2) is 0 Å². The van der Waals surface area contributed by atoms with Crippen molar-refractivity contribution in [2.24, 2.45) is 17.6 Å². The molecule has 2 aliphatic rings. The number of aliphatic hydroxyl groups excluding tert-OH is 1. The van der Waals surface area contributed by atoms with Gasteiger partial charge in [-0.2, -0.15) is 0 Å². The van der Waals surface area contributed by atoms with Gasteiger partial charge in [0.1, 0.15) is 5.60 Å². The highest BCUT2D eigenvalue weighted by Crippen LogP contribution is 2.34. The number of hydrogen-bond donors (Lipinski definition) is 2. The van der Waals surface area contributed by atoms with Crippen LogP contribution in [0.3, 0.4) is 0 Å². The van der Waals surface area contributed by atoms with Gasteiger partial charge < -0.3 is 20.3 Å². The number of hydrogen-bond acceptors (Lipinski definition) is 5. The first-order valence-corrected chi connectivity index (χ1v) is 10.8. The third kappa shape index (κ3) is 14.7. The SMILES string of the molecule is CC(C)(C)OC(N)=O.CC1CC(CC2CCCC2)CCCCCC(=O)O1.CO. The second kappa shape index (κ2) is 14.7. The van der Waals surface area contributed by atoms with E-state index in [-0.39, 0.29) is 12.1 Å². The lowest BCUT2D eigenvalue weighted by atomic mass is 9.85. The third-order valence-electron chi connectivity index (χ3n) is 5.04.